The van der Waals surface area contributed by atoms with Crippen LogP contribution in [0.4, 0.5) is 0 Å². The summed E-state index contributed by atoms with van der Waals surface area (Å²) in [6.07, 6.45) is 2.87. The monoisotopic (exact) mass is 238 g/mol. The molecule has 0 aromatic rings. The summed E-state index contributed by atoms with van der Waals surface area (Å²) in [4.78, 5) is 16.8. The molecule has 98 valence electrons. The van der Waals surface area contributed by atoms with Gasteiger partial charge in [-0.1, -0.05) is 20.8 Å². The third-order valence-corrected chi connectivity index (χ3v) is 3.88. The number of Topliss-reactive ketones (excluding diaryl/α,β-unsaturated/α-hetero) is 1. The first-order chi connectivity index (χ1) is 7.95. The molecule has 1 aliphatic heterocycles. The highest BCUT2D eigenvalue weighted by Crippen LogP contribution is 2.29. The van der Waals surface area contributed by atoms with Gasteiger partial charge >= 0.3 is 0 Å². The summed E-state index contributed by atoms with van der Waals surface area (Å²) in [5.41, 5.74) is -0.189. The van der Waals surface area contributed by atoms with Gasteiger partial charge in [0.15, 0.2) is 5.78 Å². The lowest BCUT2D eigenvalue weighted by atomic mass is 9.90. The third kappa shape index (κ3) is 4.07. The van der Waals surface area contributed by atoms with Crippen LogP contribution >= 0.6 is 0 Å². The van der Waals surface area contributed by atoms with E-state index in [4.69, 9.17) is 0 Å². The number of piperazine rings is 1. The van der Waals surface area contributed by atoms with E-state index in [1.54, 1.807) is 0 Å². The van der Waals surface area contributed by atoms with Gasteiger partial charge < -0.3 is 4.90 Å². The highest BCUT2D eigenvalue weighted by Gasteiger charge is 2.28. The number of carbonyl (C=O) groups excluding carboxylic acids is 1. The Morgan fingerprint density at radius 1 is 1.06 bits per heavy atom. The van der Waals surface area contributed by atoms with Gasteiger partial charge in [-0.2, -0.15) is 0 Å². The summed E-state index contributed by atoms with van der Waals surface area (Å²) in [5, 5.41) is 0. The Labute approximate surface area is 105 Å². The minimum atomic E-state index is -0.189. The number of nitrogens with zero attached hydrogens (tertiary/aromatic N) is 2. The van der Waals surface area contributed by atoms with E-state index in [0.717, 1.165) is 32.1 Å². The van der Waals surface area contributed by atoms with Crippen molar-refractivity contribution in [3.63, 3.8) is 0 Å². The molecule has 1 saturated carbocycles. The Bertz CT molecular complexity index is 270. The Kier molecular flexibility index (Phi) is 3.88. The summed E-state index contributed by atoms with van der Waals surface area (Å²) in [6.45, 7) is 12.4. The maximum atomic E-state index is 11.9. The van der Waals surface area contributed by atoms with E-state index in [1.807, 2.05) is 20.8 Å². The van der Waals surface area contributed by atoms with Crippen molar-refractivity contribution >= 4 is 5.78 Å². The molecule has 17 heavy (non-hydrogen) atoms. The number of hydrogen-bond acceptors (Lipinski definition) is 3. The fourth-order valence-electron chi connectivity index (χ4n) is 2.24. The third-order valence-electron chi connectivity index (χ3n) is 3.88. The zero-order valence-corrected chi connectivity index (χ0v) is 11.5. The largest absolute Gasteiger partial charge is 0.301 e. The van der Waals surface area contributed by atoms with Crippen LogP contribution in [0.15, 0.2) is 0 Å². The Hall–Kier alpha value is -0.410. The van der Waals surface area contributed by atoms with Gasteiger partial charge in [0, 0.05) is 38.1 Å². The van der Waals surface area contributed by atoms with Crippen LogP contribution in [0.2, 0.25) is 0 Å². The molecule has 0 spiro atoms. The van der Waals surface area contributed by atoms with Crippen molar-refractivity contribution in [1.82, 2.24) is 9.80 Å². The average molecular weight is 238 g/mol. The molecule has 0 radical (unpaired) electrons. The van der Waals surface area contributed by atoms with Crippen LogP contribution < -0.4 is 0 Å². The lowest BCUT2D eigenvalue weighted by Gasteiger charge is -2.35. The minimum Gasteiger partial charge on any atom is -0.301 e. The Morgan fingerprint density at radius 3 is 2.06 bits per heavy atom. The summed E-state index contributed by atoms with van der Waals surface area (Å²) in [6, 6.07) is 0. The van der Waals surface area contributed by atoms with Crippen molar-refractivity contribution < 1.29 is 4.79 Å². The fraction of sp³-hybridized carbons (Fsp3) is 0.929. The van der Waals surface area contributed by atoms with Gasteiger partial charge in [0.1, 0.15) is 0 Å². The standard InChI is InChI=1S/C14H26N2O/c1-14(2,3)13(17)11-16-8-6-15(7-9-16)10-12-4-5-12/h12H,4-11H2,1-3H3. The molecule has 2 rings (SSSR count). The molecule has 0 unspecified atom stereocenters. The van der Waals surface area contributed by atoms with Crippen molar-refractivity contribution in [3.05, 3.63) is 0 Å². The van der Waals surface area contributed by atoms with Crippen LogP contribution in [0.5, 0.6) is 0 Å². The van der Waals surface area contributed by atoms with Gasteiger partial charge in [-0.3, -0.25) is 9.69 Å². The van der Waals surface area contributed by atoms with Gasteiger partial charge in [-0.25, -0.2) is 0 Å². The second-order valence-electron chi connectivity index (χ2n) is 6.69. The molecule has 0 bridgehead atoms. The molecule has 0 aromatic carbocycles. The molecule has 1 aliphatic carbocycles. The van der Waals surface area contributed by atoms with Gasteiger partial charge in [0.05, 0.1) is 6.54 Å². The first kappa shape index (κ1) is 13.0. The van der Waals surface area contributed by atoms with Crippen molar-refractivity contribution in [3.8, 4) is 0 Å². The smallest absolute Gasteiger partial charge is 0.152 e. The van der Waals surface area contributed by atoms with Crippen molar-refractivity contribution in [2.45, 2.75) is 33.6 Å². The van der Waals surface area contributed by atoms with Crippen molar-refractivity contribution in [2.24, 2.45) is 11.3 Å². The molecule has 0 atom stereocenters. The predicted molar refractivity (Wildman–Crippen MR) is 70.1 cm³/mol. The van der Waals surface area contributed by atoms with E-state index >= 15 is 0 Å². The van der Waals surface area contributed by atoms with Gasteiger partial charge in [0.2, 0.25) is 0 Å². The first-order valence-electron chi connectivity index (χ1n) is 6.93. The number of hydrogen-bond donors (Lipinski definition) is 0. The second kappa shape index (κ2) is 5.07. The summed E-state index contributed by atoms with van der Waals surface area (Å²) < 4.78 is 0. The fourth-order valence-corrected chi connectivity index (χ4v) is 2.24. The van der Waals surface area contributed by atoms with Crippen LogP contribution in [0.1, 0.15) is 33.6 Å². The van der Waals surface area contributed by atoms with Crippen LogP contribution in [0.3, 0.4) is 0 Å². The predicted octanol–water partition coefficient (Wildman–Crippen LogP) is 1.63. The van der Waals surface area contributed by atoms with Gasteiger partial charge in [-0.05, 0) is 18.8 Å². The second-order valence-corrected chi connectivity index (χ2v) is 6.69. The van der Waals surface area contributed by atoms with E-state index in [0.29, 0.717) is 12.3 Å². The van der Waals surface area contributed by atoms with Crippen LogP contribution in [-0.2, 0) is 4.79 Å². The van der Waals surface area contributed by atoms with Crippen molar-refractivity contribution in [2.75, 3.05) is 39.3 Å². The zero-order valence-electron chi connectivity index (χ0n) is 11.5. The molecule has 3 heteroatoms. The summed E-state index contributed by atoms with van der Waals surface area (Å²) in [5.74, 6) is 1.35. The Balaban J connectivity index is 1.69. The van der Waals surface area contributed by atoms with Crippen LogP contribution in [-0.4, -0.2) is 54.9 Å². The molecular formula is C14H26N2O. The molecule has 0 amide bonds. The first-order valence-corrected chi connectivity index (χ1v) is 6.93. The highest BCUT2D eigenvalue weighted by molar-refractivity contribution is 5.85. The van der Waals surface area contributed by atoms with Gasteiger partial charge in [0.25, 0.3) is 0 Å². The average Bonchev–Trinajstić information content (AvgIpc) is 3.03. The number of ketones is 1. The Morgan fingerprint density at radius 2 is 1.59 bits per heavy atom. The summed E-state index contributed by atoms with van der Waals surface area (Å²) in [7, 11) is 0. The van der Waals surface area contributed by atoms with Crippen molar-refractivity contribution in [1.29, 1.82) is 0 Å². The van der Waals surface area contributed by atoms with E-state index in [9.17, 15) is 4.79 Å². The molecule has 3 nitrogen and oxygen atoms in total. The highest BCUT2D eigenvalue weighted by atomic mass is 16.1. The maximum Gasteiger partial charge on any atom is 0.152 e. The normalized spacial score (nSPS) is 23.9. The molecule has 2 aliphatic rings. The quantitative estimate of drug-likeness (QED) is 0.744. The summed E-state index contributed by atoms with van der Waals surface area (Å²) >= 11 is 0. The zero-order chi connectivity index (χ0) is 12.5. The SMILES string of the molecule is CC(C)(C)C(=O)CN1CCN(CC2CC2)CC1. The number of carbonyl (C=O) groups is 1. The van der Waals surface area contributed by atoms with E-state index in [2.05, 4.69) is 9.80 Å². The molecule has 0 aromatic heterocycles. The maximum absolute atomic E-state index is 11.9. The van der Waals surface area contributed by atoms with E-state index < -0.39 is 0 Å². The lowest BCUT2D eigenvalue weighted by Crippen LogP contribution is -2.49. The van der Waals surface area contributed by atoms with Crippen LogP contribution in [0, 0.1) is 11.3 Å². The lowest BCUT2D eigenvalue weighted by molar-refractivity contribution is -0.127. The molecule has 1 heterocycles. The molecule has 1 saturated heterocycles. The topological polar surface area (TPSA) is 23.6 Å². The van der Waals surface area contributed by atoms with Gasteiger partial charge in [-0.15, -0.1) is 0 Å². The van der Waals surface area contributed by atoms with E-state index in [1.165, 1.54) is 19.4 Å². The van der Waals surface area contributed by atoms with Crippen LogP contribution in [0.25, 0.3) is 0 Å². The van der Waals surface area contributed by atoms with E-state index in [-0.39, 0.29) is 5.41 Å². The minimum absolute atomic E-state index is 0.189. The number of rotatable bonds is 4. The molecule has 2 fully saturated rings. The molecular weight excluding hydrogens is 212 g/mol. The molecule has 0 N–H and O–H groups in total.